The molecule has 0 aliphatic carbocycles. The van der Waals surface area contributed by atoms with Gasteiger partial charge in [-0.15, -0.1) is 0 Å². The predicted octanol–water partition coefficient (Wildman–Crippen LogP) is 3.40. The predicted molar refractivity (Wildman–Crippen MR) is 148 cm³/mol. The van der Waals surface area contributed by atoms with E-state index in [9.17, 15) is 37.8 Å². The lowest BCUT2D eigenvalue weighted by Gasteiger charge is -2.30. The van der Waals surface area contributed by atoms with E-state index in [4.69, 9.17) is 0 Å². The third-order valence-electron chi connectivity index (χ3n) is 7.49. The lowest BCUT2D eigenvalue weighted by molar-refractivity contribution is -0.147. The number of likely N-dealkylation sites (tertiary alicyclic amines) is 1. The van der Waals surface area contributed by atoms with Crippen LogP contribution in [-0.4, -0.2) is 63.5 Å². The van der Waals surface area contributed by atoms with Crippen LogP contribution in [0.4, 0.5) is 13.2 Å². The zero-order valence-corrected chi connectivity index (χ0v) is 23.1. The highest BCUT2D eigenvalue weighted by Gasteiger charge is 2.51. The van der Waals surface area contributed by atoms with Gasteiger partial charge in [0.15, 0.2) is 6.10 Å². The molecule has 1 aliphatic heterocycles. The molecule has 3 amide bonds. The van der Waals surface area contributed by atoms with Crippen molar-refractivity contribution in [3.8, 4) is 5.75 Å². The molecule has 3 aromatic rings. The molecule has 0 saturated carbocycles. The minimum Gasteiger partial charge on any atom is -0.508 e. The molecule has 0 radical (unpaired) electrons. The summed E-state index contributed by atoms with van der Waals surface area (Å²) in [5.74, 6) is -6.73. The lowest BCUT2D eigenvalue weighted by Crippen LogP contribution is -2.56. The molecule has 1 heterocycles. The maximum atomic E-state index is 14.6. The number of aliphatic hydroxyl groups is 1. The molecule has 42 heavy (non-hydrogen) atoms. The van der Waals surface area contributed by atoms with Crippen molar-refractivity contribution in [2.24, 2.45) is 0 Å². The topological polar surface area (TPSA) is 119 Å². The van der Waals surface area contributed by atoms with E-state index >= 15 is 0 Å². The van der Waals surface area contributed by atoms with E-state index in [1.165, 1.54) is 44.2 Å². The van der Waals surface area contributed by atoms with Crippen LogP contribution < -0.4 is 10.6 Å². The van der Waals surface area contributed by atoms with E-state index in [-0.39, 0.29) is 29.8 Å². The van der Waals surface area contributed by atoms with Crippen molar-refractivity contribution >= 4 is 17.7 Å². The first-order valence-corrected chi connectivity index (χ1v) is 13.4. The van der Waals surface area contributed by atoms with Crippen LogP contribution in [0, 0.1) is 19.7 Å². The number of phenolic OH excluding ortho intramolecular Hbond substituents is 1. The molecule has 1 unspecified atom stereocenters. The minimum atomic E-state index is -3.40. The Morgan fingerprint density at radius 3 is 2.40 bits per heavy atom. The minimum absolute atomic E-state index is 0.0305. The number of benzene rings is 3. The summed E-state index contributed by atoms with van der Waals surface area (Å²) < 4.78 is 43.0. The summed E-state index contributed by atoms with van der Waals surface area (Å²) in [5, 5.41) is 26.3. The van der Waals surface area contributed by atoms with Gasteiger partial charge in [-0.2, -0.15) is 0 Å². The maximum Gasteiger partial charge on any atom is 0.267 e. The number of rotatable bonds is 9. The third kappa shape index (κ3) is 6.91. The first kappa shape index (κ1) is 30.6. The summed E-state index contributed by atoms with van der Waals surface area (Å²) in [6.07, 6.45) is -2.98. The zero-order valence-electron chi connectivity index (χ0n) is 23.1. The summed E-state index contributed by atoms with van der Waals surface area (Å²) in [7, 11) is 0. The number of alkyl halides is 2. The van der Waals surface area contributed by atoms with Crippen LogP contribution in [0.2, 0.25) is 0 Å². The van der Waals surface area contributed by atoms with Gasteiger partial charge in [0.1, 0.15) is 17.6 Å². The molecule has 1 saturated heterocycles. The number of hydrogen-bond donors (Lipinski definition) is 4. The van der Waals surface area contributed by atoms with Gasteiger partial charge in [0, 0.05) is 24.1 Å². The first-order valence-electron chi connectivity index (χ1n) is 13.4. The number of nitrogens with zero attached hydrogens (tertiary/aromatic N) is 1. The van der Waals surface area contributed by atoms with Crippen LogP contribution in [0.3, 0.4) is 0 Å². The summed E-state index contributed by atoms with van der Waals surface area (Å²) in [6, 6.07) is 14.4. The van der Waals surface area contributed by atoms with Crippen molar-refractivity contribution in [1.82, 2.24) is 15.5 Å². The van der Waals surface area contributed by atoms with E-state index in [1.54, 1.807) is 36.4 Å². The Morgan fingerprint density at radius 2 is 1.69 bits per heavy atom. The van der Waals surface area contributed by atoms with Gasteiger partial charge >= 0.3 is 0 Å². The highest BCUT2D eigenvalue weighted by molar-refractivity contribution is 5.97. The number of nitrogens with one attached hydrogen (secondary N) is 2. The van der Waals surface area contributed by atoms with E-state index in [1.807, 2.05) is 0 Å². The number of hydrogen-bond acceptors (Lipinski definition) is 5. The summed E-state index contributed by atoms with van der Waals surface area (Å²) in [6.45, 7) is 1.80. The number of phenols is 1. The molecule has 1 fully saturated rings. The second-order valence-corrected chi connectivity index (χ2v) is 10.4. The Labute approximate surface area is 241 Å². The summed E-state index contributed by atoms with van der Waals surface area (Å²) in [4.78, 5) is 40.3. The molecule has 11 heteroatoms. The number of carbonyl (C=O) groups is 3. The Hall–Kier alpha value is -4.38. The van der Waals surface area contributed by atoms with Crippen LogP contribution in [0.25, 0.3) is 0 Å². The summed E-state index contributed by atoms with van der Waals surface area (Å²) >= 11 is 0. The lowest BCUT2D eigenvalue weighted by atomic mass is 9.98. The average molecular weight is 584 g/mol. The van der Waals surface area contributed by atoms with Crippen molar-refractivity contribution < 1.29 is 37.8 Å². The molecule has 222 valence electrons. The Kier molecular flexibility index (Phi) is 9.20. The fourth-order valence-corrected chi connectivity index (χ4v) is 4.99. The number of carbonyl (C=O) groups excluding carboxylic acids is 3. The Balaban J connectivity index is 1.56. The molecule has 0 spiro atoms. The highest BCUT2D eigenvalue weighted by atomic mass is 19.3. The molecule has 8 nitrogen and oxygen atoms in total. The van der Waals surface area contributed by atoms with Crippen LogP contribution in [0.5, 0.6) is 5.75 Å². The summed E-state index contributed by atoms with van der Waals surface area (Å²) in [5.41, 5.74) is 1.76. The van der Waals surface area contributed by atoms with Crippen molar-refractivity contribution in [3.05, 3.63) is 100 Å². The molecule has 0 bridgehead atoms. The number of halogens is 3. The Morgan fingerprint density at radius 1 is 1.00 bits per heavy atom. The standard InChI is InChI=1S/C31H32F3N3O5/c1-18-21(10-6-12-23(18)32)16-35-29(41)25-15-31(33,34)17-37(25)30(42)27(39)24(14-20-8-4-3-5-9-20)36-28(40)22-11-7-13-26(38)19(22)2/h3-13,24-25,27,38-39H,14-17H2,1-2H3,(H,35,41)(H,36,40)/t24-,25?,27-/m0/s1. The molecule has 1 aliphatic rings. The van der Waals surface area contributed by atoms with Gasteiger partial charge in [0.25, 0.3) is 17.7 Å². The fraction of sp³-hybridized carbons (Fsp3) is 0.323. The highest BCUT2D eigenvalue weighted by Crippen LogP contribution is 2.33. The molecule has 3 atom stereocenters. The van der Waals surface area contributed by atoms with E-state index < -0.39 is 60.6 Å². The van der Waals surface area contributed by atoms with Crippen LogP contribution in [0.1, 0.15) is 39.0 Å². The molecule has 0 aromatic heterocycles. The molecular weight excluding hydrogens is 551 g/mol. The van der Waals surface area contributed by atoms with E-state index in [0.29, 0.717) is 21.6 Å². The number of aliphatic hydroxyl groups excluding tert-OH is 1. The van der Waals surface area contributed by atoms with Crippen molar-refractivity contribution in [2.45, 2.75) is 57.3 Å². The second kappa shape index (κ2) is 12.6. The maximum absolute atomic E-state index is 14.6. The second-order valence-electron chi connectivity index (χ2n) is 10.4. The molecule has 4 N–H and O–H groups in total. The van der Waals surface area contributed by atoms with Crippen LogP contribution in [-0.2, 0) is 22.6 Å². The van der Waals surface area contributed by atoms with Gasteiger partial charge in [0.2, 0.25) is 5.91 Å². The molecule has 3 aromatic carbocycles. The van der Waals surface area contributed by atoms with Crippen molar-refractivity contribution in [2.75, 3.05) is 6.54 Å². The largest absolute Gasteiger partial charge is 0.508 e. The smallest absolute Gasteiger partial charge is 0.267 e. The van der Waals surface area contributed by atoms with E-state index in [0.717, 1.165) is 0 Å². The van der Waals surface area contributed by atoms with Crippen molar-refractivity contribution in [3.63, 3.8) is 0 Å². The number of aromatic hydroxyl groups is 1. The fourth-order valence-electron chi connectivity index (χ4n) is 4.99. The van der Waals surface area contributed by atoms with Gasteiger partial charge in [-0.1, -0.05) is 48.5 Å². The molecular formula is C31H32F3N3O5. The van der Waals surface area contributed by atoms with Crippen LogP contribution >= 0.6 is 0 Å². The first-order chi connectivity index (χ1) is 19.9. The average Bonchev–Trinajstić information content (AvgIpc) is 3.29. The monoisotopic (exact) mass is 583 g/mol. The number of amides is 3. The Bertz CT molecular complexity index is 1470. The van der Waals surface area contributed by atoms with Gasteiger partial charge in [-0.25, -0.2) is 13.2 Å². The molecule has 4 rings (SSSR count). The van der Waals surface area contributed by atoms with E-state index in [2.05, 4.69) is 10.6 Å². The third-order valence-corrected chi connectivity index (χ3v) is 7.49. The van der Waals surface area contributed by atoms with Gasteiger partial charge in [0.05, 0.1) is 12.6 Å². The van der Waals surface area contributed by atoms with Gasteiger partial charge < -0.3 is 25.7 Å². The van der Waals surface area contributed by atoms with Crippen LogP contribution in [0.15, 0.2) is 66.7 Å². The SMILES string of the molecule is Cc1c(F)cccc1CNC(=O)C1CC(F)(F)CN1C(=O)[C@@H](O)[C@H](Cc1ccccc1)NC(=O)c1cccc(O)c1C. The zero-order chi connectivity index (χ0) is 30.6. The van der Waals surface area contributed by atoms with Gasteiger partial charge in [-0.05, 0) is 55.2 Å². The van der Waals surface area contributed by atoms with Crippen molar-refractivity contribution in [1.29, 1.82) is 0 Å². The normalized spacial score (nSPS) is 17.4. The van der Waals surface area contributed by atoms with Gasteiger partial charge in [-0.3, -0.25) is 14.4 Å². The quantitative estimate of drug-likeness (QED) is 0.308.